The van der Waals surface area contributed by atoms with Crippen LogP contribution in [0.3, 0.4) is 0 Å². The van der Waals surface area contributed by atoms with Crippen molar-refractivity contribution in [1.82, 2.24) is 9.80 Å². The van der Waals surface area contributed by atoms with E-state index in [0.717, 1.165) is 32.4 Å². The minimum Gasteiger partial charge on any atom is -0.393 e. The average molecular weight is 296 g/mol. The number of likely N-dealkylation sites (tertiary alicyclic amines) is 2. The molecule has 2 rings (SSSR count). The van der Waals surface area contributed by atoms with Crippen LogP contribution in [0.25, 0.3) is 0 Å². The van der Waals surface area contributed by atoms with Gasteiger partial charge in [-0.15, -0.1) is 0 Å². The maximum atomic E-state index is 12.6. The lowest BCUT2D eigenvalue weighted by Crippen LogP contribution is -2.47. The number of hydrogen-bond donors (Lipinski definition) is 1. The van der Waals surface area contributed by atoms with E-state index in [1.807, 2.05) is 23.6 Å². The van der Waals surface area contributed by atoms with Gasteiger partial charge in [0.1, 0.15) is 0 Å². The first-order valence-electron chi connectivity index (χ1n) is 8.15. The van der Waals surface area contributed by atoms with Crippen molar-refractivity contribution in [3.63, 3.8) is 0 Å². The summed E-state index contributed by atoms with van der Waals surface area (Å²) in [5.41, 5.74) is 0. The van der Waals surface area contributed by atoms with Crippen LogP contribution in [0.5, 0.6) is 0 Å². The number of hydrogen-bond acceptors (Lipinski definition) is 3. The first-order chi connectivity index (χ1) is 9.90. The number of nitrogens with zero attached hydrogens (tertiary/aromatic N) is 2. The van der Waals surface area contributed by atoms with E-state index in [-0.39, 0.29) is 35.7 Å². The lowest BCUT2D eigenvalue weighted by molar-refractivity contribution is -0.141. The molecule has 0 aliphatic carbocycles. The molecule has 2 fully saturated rings. The predicted molar refractivity (Wildman–Crippen MR) is 80.5 cm³/mol. The number of rotatable bonds is 3. The van der Waals surface area contributed by atoms with Crippen LogP contribution in [0.15, 0.2) is 0 Å². The van der Waals surface area contributed by atoms with E-state index >= 15 is 0 Å². The fourth-order valence-electron chi connectivity index (χ4n) is 3.38. The van der Waals surface area contributed by atoms with E-state index in [1.165, 1.54) is 0 Å². The van der Waals surface area contributed by atoms with Gasteiger partial charge in [0, 0.05) is 38.0 Å². The van der Waals surface area contributed by atoms with E-state index in [9.17, 15) is 14.7 Å². The van der Waals surface area contributed by atoms with Crippen molar-refractivity contribution in [2.75, 3.05) is 26.2 Å². The molecule has 120 valence electrons. The summed E-state index contributed by atoms with van der Waals surface area (Å²) in [7, 11) is 0. The number of carbonyl (C=O) groups excluding carboxylic acids is 2. The van der Waals surface area contributed by atoms with Crippen molar-refractivity contribution >= 4 is 11.8 Å². The third-order valence-electron chi connectivity index (χ3n) is 4.79. The molecule has 0 aromatic rings. The van der Waals surface area contributed by atoms with Crippen LogP contribution < -0.4 is 0 Å². The molecular weight excluding hydrogens is 268 g/mol. The molecule has 2 saturated heterocycles. The summed E-state index contributed by atoms with van der Waals surface area (Å²) in [6.07, 6.45) is 2.30. The molecule has 3 atom stereocenters. The Balaban J connectivity index is 1.92. The van der Waals surface area contributed by atoms with Gasteiger partial charge in [-0.2, -0.15) is 0 Å². The quantitative estimate of drug-likeness (QED) is 0.848. The zero-order valence-corrected chi connectivity index (χ0v) is 13.4. The molecule has 1 N–H and O–H groups in total. The summed E-state index contributed by atoms with van der Waals surface area (Å²) in [4.78, 5) is 28.4. The Kier molecular flexibility index (Phi) is 5.25. The van der Waals surface area contributed by atoms with Gasteiger partial charge in [-0.3, -0.25) is 9.59 Å². The molecule has 2 aliphatic heterocycles. The highest BCUT2D eigenvalue weighted by molar-refractivity contribution is 5.82. The minimum atomic E-state index is -0.354. The van der Waals surface area contributed by atoms with Gasteiger partial charge in [0.15, 0.2) is 0 Å². The van der Waals surface area contributed by atoms with Crippen molar-refractivity contribution < 1.29 is 14.7 Å². The summed E-state index contributed by atoms with van der Waals surface area (Å²) in [6, 6.07) is 0. The molecule has 2 aliphatic rings. The molecular formula is C16H28N2O3. The second kappa shape index (κ2) is 6.77. The largest absolute Gasteiger partial charge is 0.393 e. The lowest BCUT2D eigenvalue weighted by Gasteiger charge is -2.35. The Labute approximate surface area is 127 Å². The molecule has 0 aromatic heterocycles. The first-order valence-corrected chi connectivity index (χ1v) is 8.15. The molecule has 0 saturated carbocycles. The highest BCUT2D eigenvalue weighted by Gasteiger charge is 2.35. The number of carbonyl (C=O) groups is 2. The van der Waals surface area contributed by atoms with Gasteiger partial charge in [0.05, 0.1) is 12.0 Å². The van der Waals surface area contributed by atoms with Crippen LogP contribution in [0.2, 0.25) is 0 Å². The van der Waals surface area contributed by atoms with Crippen LogP contribution in [-0.2, 0) is 9.59 Å². The minimum absolute atomic E-state index is 0.00902. The van der Waals surface area contributed by atoms with Crippen molar-refractivity contribution in [1.29, 1.82) is 0 Å². The van der Waals surface area contributed by atoms with E-state index in [0.29, 0.717) is 13.1 Å². The molecule has 2 heterocycles. The van der Waals surface area contributed by atoms with Gasteiger partial charge >= 0.3 is 0 Å². The second-order valence-corrected chi connectivity index (χ2v) is 6.85. The Morgan fingerprint density at radius 1 is 1.05 bits per heavy atom. The molecule has 5 nitrogen and oxygen atoms in total. The summed E-state index contributed by atoms with van der Waals surface area (Å²) < 4.78 is 0. The zero-order chi connectivity index (χ0) is 15.6. The molecule has 3 unspecified atom stereocenters. The third kappa shape index (κ3) is 3.76. The van der Waals surface area contributed by atoms with Crippen molar-refractivity contribution in [2.45, 2.75) is 46.1 Å². The molecule has 21 heavy (non-hydrogen) atoms. The maximum Gasteiger partial charge on any atom is 0.227 e. The monoisotopic (exact) mass is 296 g/mol. The van der Waals surface area contributed by atoms with E-state index < -0.39 is 0 Å². The fraction of sp³-hybridized carbons (Fsp3) is 0.875. The molecule has 0 radical (unpaired) electrons. The SMILES string of the molecule is CC(C)C(=O)N1CCCC(C(=O)N2CCC(C(C)O)C2)C1. The highest BCUT2D eigenvalue weighted by Crippen LogP contribution is 2.25. The second-order valence-electron chi connectivity index (χ2n) is 6.85. The molecule has 2 amide bonds. The zero-order valence-electron chi connectivity index (χ0n) is 13.4. The van der Waals surface area contributed by atoms with Crippen LogP contribution in [0, 0.1) is 17.8 Å². The summed E-state index contributed by atoms with van der Waals surface area (Å²) in [5, 5.41) is 9.65. The smallest absolute Gasteiger partial charge is 0.227 e. The topological polar surface area (TPSA) is 60.9 Å². The molecule has 0 spiro atoms. The molecule has 0 aromatic carbocycles. The molecule has 0 bridgehead atoms. The van der Waals surface area contributed by atoms with Crippen LogP contribution in [0.4, 0.5) is 0 Å². The standard InChI is InChI=1S/C16H28N2O3/c1-11(2)15(20)17-7-4-5-14(10-17)16(21)18-8-6-13(9-18)12(3)19/h11-14,19H,4-10H2,1-3H3. The van der Waals surface area contributed by atoms with Gasteiger partial charge in [0.25, 0.3) is 0 Å². The Morgan fingerprint density at radius 2 is 1.76 bits per heavy atom. The maximum absolute atomic E-state index is 12.6. The van der Waals surface area contributed by atoms with Crippen molar-refractivity contribution in [3.05, 3.63) is 0 Å². The Bertz CT molecular complexity index is 395. The average Bonchev–Trinajstić information content (AvgIpc) is 2.95. The van der Waals surface area contributed by atoms with Gasteiger partial charge in [-0.1, -0.05) is 13.8 Å². The highest BCUT2D eigenvalue weighted by atomic mass is 16.3. The van der Waals surface area contributed by atoms with Crippen LogP contribution in [-0.4, -0.2) is 59.0 Å². The fourth-order valence-corrected chi connectivity index (χ4v) is 3.38. The molecule has 5 heteroatoms. The summed E-state index contributed by atoms with van der Waals surface area (Å²) >= 11 is 0. The van der Waals surface area contributed by atoms with Crippen LogP contribution >= 0.6 is 0 Å². The van der Waals surface area contributed by atoms with Gasteiger partial charge < -0.3 is 14.9 Å². The number of aliphatic hydroxyl groups is 1. The first kappa shape index (κ1) is 16.3. The Hall–Kier alpha value is -1.10. The normalized spacial score (nSPS) is 28.0. The summed E-state index contributed by atoms with van der Waals surface area (Å²) in [5.74, 6) is 0.445. The number of amides is 2. The van der Waals surface area contributed by atoms with Crippen molar-refractivity contribution in [3.8, 4) is 0 Å². The van der Waals surface area contributed by atoms with E-state index in [2.05, 4.69) is 0 Å². The van der Waals surface area contributed by atoms with E-state index in [4.69, 9.17) is 0 Å². The predicted octanol–water partition coefficient (Wildman–Crippen LogP) is 1.11. The van der Waals surface area contributed by atoms with Gasteiger partial charge in [0.2, 0.25) is 11.8 Å². The Morgan fingerprint density at radius 3 is 2.33 bits per heavy atom. The number of piperidine rings is 1. The lowest BCUT2D eigenvalue weighted by atomic mass is 9.95. The van der Waals surface area contributed by atoms with Crippen molar-refractivity contribution in [2.24, 2.45) is 17.8 Å². The van der Waals surface area contributed by atoms with E-state index in [1.54, 1.807) is 6.92 Å². The van der Waals surface area contributed by atoms with Gasteiger partial charge in [-0.25, -0.2) is 0 Å². The summed E-state index contributed by atoms with van der Waals surface area (Å²) in [6.45, 7) is 8.34. The van der Waals surface area contributed by atoms with Gasteiger partial charge in [-0.05, 0) is 26.2 Å². The third-order valence-corrected chi connectivity index (χ3v) is 4.79. The number of aliphatic hydroxyl groups excluding tert-OH is 1. The van der Waals surface area contributed by atoms with Crippen LogP contribution in [0.1, 0.15) is 40.0 Å².